The molecule has 3 N–H and O–H groups in total. The lowest BCUT2D eigenvalue weighted by Gasteiger charge is -2.15. The molecule has 0 aliphatic heterocycles. The summed E-state index contributed by atoms with van der Waals surface area (Å²) in [7, 11) is -2.97. The Morgan fingerprint density at radius 1 is 1.22 bits per heavy atom. The quantitative estimate of drug-likeness (QED) is 0.252. The standard InChI is InChI=1S/C15H33N3O4S/c1-4-6-14(7-9-19)13-18-15(16-5-2)17-8-10-22-11-12-23(3,20)21/h14,19H,4-13H2,1-3H3,(H2,16,17,18). The number of aliphatic hydroxyl groups excluding tert-OH is 1. The first-order valence-electron chi connectivity index (χ1n) is 8.31. The first kappa shape index (κ1) is 22.1. The fourth-order valence-electron chi connectivity index (χ4n) is 2.03. The van der Waals surface area contributed by atoms with Crippen molar-refractivity contribution in [3.05, 3.63) is 0 Å². The van der Waals surface area contributed by atoms with E-state index in [0.29, 0.717) is 25.6 Å². The molecule has 138 valence electrons. The van der Waals surface area contributed by atoms with E-state index in [-0.39, 0.29) is 19.0 Å². The topological polar surface area (TPSA) is 100 Å². The lowest BCUT2D eigenvalue weighted by Crippen LogP contribution is -2.39. The van der Waals surface area contributed by atoms with Crippen molar-refractivity contribution in [1.82, 2.24) is 10.6 Å². The molecule has 0 heterocycles. The summed E-state index contributed by atoms with van der Waals surface area (Å²) in [5, 5.41) is 15.4. The highest BCUT2D eigenvalue weighted by molar-refractivity contribution is 7.90. The lowest BCUT2D eigenvalue weighted by molar-refractivity contribution is 0.154. The maximum atomic E-state index is 11.0. The highest BCUT2D eigenvalue weighted by Gasteiger charge is 2.07. The van der Waals surface area contributed by atoms with Gasteiger partial charge in [0.25, 0.3) is 0 Å². The van der Waals surface area contributed by atoms with Crippen molar-refractivity contribution >= 4 is 15.8 Å². The molecule has 0 aromatic carbocycles. The molecule has 0 saturated carbocycles. The van der Waals surface area contributed by atoms with Crippen molar-refractivity contribution in [3.8, 4) is 0 Å². The molecule has 0 spiro atoms. The number of guanidine groups is 1. The first-order valence-corrected chi connectivity index (χ1v) is 10.4. The zero-order chi connectivity index (χ0) is 17.6. The van der Waals surface area contributed by atoms with Crippen LogP contribution in [0.4, 0.5) is 0 Å². The number of aliphatic imine (C=N–C) groups is 1. The molecule has 0 amide bonds. The van der Waals surface area contributed by atoms with Gasteiger partial charge in [0.2, 0.25) is 0 Å². The molecule has 0 fully saturated rings. The van der Waals surface area contributed by atoms with E-state index in [2.05, 4.69) is 22.5 Å². The van der Waals surface area contributed by atoms with E-state index in [1.165, 1.54) is 6.26 Å². The van der Waals surface area contributed by atoms with Crippen LogP contribution < -0.4 is 10.6 Å². The average Bonchev–Trinajstić information content (AvgIpc) is 2.47. The van der Waals surface area contributed by atoms with E-state index in [1.807, 2.05) is 6.92 Å². The Hall–Kier alpha value is -0.860. The van der Waals surface area contributed by atoms with Crippen LogP contribution in [-0.4, -0.2) is 70.9 Å². The minimum Gasteiger partial charge on any atom is -0.396 e. The van der Waals surface area contributed by atoms with Crippen molar-refractivity contribution < 1.29 is 18.3 Å². The van der Waals surface area contributed by atoms with Crippen molar-refractivity contribution in [2.45, 2.75) is 33.1 Å². The van der Waals surface area contributed by atoms with Gasteiger partial charge in [-0.15, -0.1) is 0 Å². The summed E-state index contributed by atoms with van der Waals surface area (Å²) in [5.41, 5.74) is 0. The zero-order valence-electron chi connectivity index (χ0n) is 14.7. The highest BCUT2D eigenvalue weighted by Crippen LogP contribution is 2.10. The summed E-state index contributed by atoms with van der Waals surface area (Å²) in [6.45, 7) is 6.96. The van der Waals surface area contributed by atoms with Gasteiger partial charge in [0.1, 0.15) is 9.84 Å². The molecule has 1 atom stereocenters. The molecule has 23 heavy (non-hydrogen) atoms. The maximum absolute atomic E-state index is 11.0. The Kier molecular flexibility index (Phi) is 13.1. The Labute approximate surface area is 140 Å². The monoisotopic (exact) mass is 351 g/mol. The van der Waals surface area contributed by atoms with Gasteiger partial charge >= 0.3 is 0 Å². The van der Waals surface area contributed by atoms with Gasteiger partial charge in [0.15, 0.2) is 5.96 Å². The summed E-state index contributed by atoms with van der Waals surface area (Å²) in [6.07, 6.45) is 4.10. The Balaban J connectivity index is 4.10. The molecule has 0 rings (SSSR count). The largest absolute Gasteiger partial charge is 0.396 e. The van der Waals surface area contributed by atoms with Gasteiger partial charge in [-0.1, -0.05) is 13.3 Å². The van der Waals surface area contributed by atoms with E-state index < -0.39 is 9.84 Å². The number of aliphatic hydroxyl groups is 1. The number of rotatable bonds is 13. The van der Waals surface area contributed by atoms with Crippen LogP contribution >= 0.6 is 0 Å². The fourth-order valence-corrected chi connectivity index (χ4v) is 2.45. The van der Waals surface area contributed by atoms with E-state index in [0.717, 1.165) is 31.8 Å². The summed E-state index contributed by atoms with van der Waals surface area (Å²) in [4.78, 5) is 4.54. The summed E-state index contributed by atoms with van der Waals surface area (Å²) >= 11 is 0. The number of nitrogens with one attached hydrogen (secondary N) is 2. The molecule has 0 radical (unpaired) electrons. The number of ether oxygens (including phenoxy) is 1. The molecular weight excluding hydrogens is 318 g/mol. The normalized spacial score (nSPS) is 13.8. The molecule has 0 aliphatic rings. The van der Waals surface area contributed by atoms with Gasteiger partial charge in [-0.05, 0) is 25.7 Å². The molecule has 8 heteroatoms. The van der Waals surface area contributed by atoms with E-state index in [9.17, 15) is 8.42 Å². The highest BCUT2D eigenvalue weighted by atomic mass is 32.2. The Morgan fingerprint density at radius 2 is 1.96 bits per heavy atom. The molecule has 0 bridgehead atoms. The molecule has 1 unspecified atom stereocenters. The van der Waals surface area contributed by atoms with Crippen LogP contribution in [0.5, 0.6) is 0 Å². The average molecular weight is 352 g/mol. The van der Waals surface area contributed by atoms with Crippen LogP contribution in [-0.2, 0) is 14.6 Å². The van der Waals surface area contributed by atoms with Crippen LogP contribution in [0.1, 0.15) is 33.1 Å². The fraction of sp³-hybridized carbons (Fsp3) is 0.933. The third kappa shape index (κ3) is 14.5. The van der Waals surface area contributed by atoms with Gasteiger partial charge < -0.3 is 20.5 Å². The van der Waals surface area contributed by atoms with E-state index in [1.54, 1.807) is 0 Å². The maximum Gasteiger partial charge on any atom is 0.191 e. The van der Waals surface area contributed by atoms with Crippen molar-refractivity contribution in [3.63, 3.8) is 0 Å². The molecular formula is C15H33N3O4S. The van der Waals surface area contributed by atoms with Crippen LogP contribution in [0.25, 0.3) is 0 Å². The molecule has 0 aromatic rings. The number of nitrogens with zero attached hydrogens (tertiary/aromatic N) is 1. The van der Waals surface area contributed by atoms with E-state index in [4.69, 9.17) is 9.84 Å². The van der Waals surface area contributed by atoms with Gasteiger partial charge in [-0.25, -0.2) is 8.42 Å². The zero-order valence-corrected chi connectivity index (χ0v) is 15.5. The second-order valence-corrected chi connectivity index (χ2v) is 7.82. The van der Waals surface area contributed by atoms with Crippen molar-refractivity contribution in [2.75, 3.05) is 51.5 Å². The lowest BCUT2D eigenvalue weighted by atomic mass is 10.0. The summed E-state index contributed by atoms with van der Waals surface area (Å²) in [5.74, 6) is 1.16. The molecule has 0 aliphatic carbocycles. The third-order valence-electron chi connectivity index (χ3n) is 3.22. The first-order chi connectivity index (χ1) is 10.9. The van der Waals surface area contributed by atoms with Crippen molar-refractivity contribution in [2.24, 2.45) is 10.9 Å². The molecule has 7 nitrogen and oxygen atoms in total. The van der Waals surface area contributed by atoms with Gasteiger partial charge in [0.05, 0.1) is 19.0 Å². The number of hydrogen-bond donors (Lipinski definition) is 3. The predicted molar refractivity (Wildman–Crippen MR) is 94.6 cm³/mol. The van der Waals surface area contributed by atoms with E-state index >= 15 is 0 Å². The van der Waals surface area contributed by atoms with Gasteiger partial charge in [-0.3, -0.25) is 4.99 Å². The number of hydrogen-bond acceptors (Lipinski definition) is 5. The number of sulfone groups is 1. The minimum atomic E-state index is -2.97. The van der Waals surface area contributed by atoms with Crippen molar-refractivity contribution in [1.29, 1.82) is 0 Å². The van der Waals surface area contributed by atoms with Crippen LogP contribution in [0.15, 0.2) is 4.99 Å². The second-order valence-electron chi connectivity index (χ2n) is 5.56. The van der Waals surface area contributed by atoms with Gasteiger partial charge in [-0.2, -0.15) is 0 Å². The smallest absolute Gasteiger partial charge is 0.191 e. The summed E-state index contributed by atoms with van der Waals surface area (Å²) in [6, 6.07) is 0. The molecule has 0 aromatic heterocycles. The summed E-state index contributed by atoms with van der Waals surface area (Å²) < 4.78 is 27.2. The molecule has 0 saturated heterocycles. The third-order valence-corrected chi connectivity index (χ3v) is 4.13. The Morgan fingerprint density at radius 3 is 2.52 bits per heavy atom. The predicted octanol–water partition coefficient (Wildman–Crippen LogP) is 0.401. The van der Waals surface area contributed by atoms with Crippen LogP contribution in [0.2, 0.25) is 0 Å². The van der Waals surface area contributed by atoms with Crippen LogP contribution in [0.3, 0.4) is 0 Å². The second kappa shape index (κ2) is 13.6. The van der Waals surface area contributed by atoms with Crippen LogP contribution in [0, 0.1) is 5.92 Å². The van der Waals surface area contributed by atoms with Gasteiger partial charge in [0, 0.05) is 32.5 Å². The minimum absolute atomic E-state index is 0.0427. The SMILES string of the molecule is CCCC(CCO)CN=C(NCC)NCCOCCS(C)(=O)=O. The Bertz CT molecular complexity index is 407.